The number of ether oxygens (including phenoxy) is 1. The third-order valence-corrected chi connectivity index (χ3v) is 1.74. The second-order valence-corrected chi connectivity index (χ2v) is 3.67. The molecule has 90 valence electrons. The van der Waals surface area contributed by atoms with E-state index in [-0.39, 0.29) is 19.1 Å². The third-order valence-electron chi connectivity index (χ3n) is 1.74. The van der Waals surface area contributed by atoms with Crippen molar-refractivity contribution < 1.29 is 11.0 Å². The summed E-state index contributed by atoms with van der Waals surface area (Å²) in [7, 11) is 0. The number of amides is 1. The monoisotopic (exact) mass is 225 g/mol. The highest BCUT2D eigenvalue weighted by molar-refractivity contribution is 5.91. The van der Waals surface area contributed by atoms with Crippen molar-refractivity contribution >= 4 is 5.91 Å². The highest BCUT2D eigenvalue weighted by Crippen LogP contribution is 2.07. The van der Waals surface area contributed by atoms with Crippen LogP contribution in [0.1, 0.15) is 39.1 Å². The summed E-state index contributed by atoms with van der Waals surface area (Å²) in [5.74, 6) is 0.155. The second kappa shape index (κ2) is 6.05. The Bertz CT molecular complexity index is 358. The Labute approximate surface area is 96.7 Å². The van der Waals surface area contributed by atoms with Gasteiger partial charge in [0.2, 0.25) is 5.88 Å². The van der Waals surface area contributed by atoms with Crippen LogP contribution in [0.5, 0.6) is 5.88 Å². The molecule has 0 radical (unpaired) electrons. The van der Waals surface area contributed by atoms with Crippen LogP contribution in [0.25, 0.3) is 0 Å². The summed E-state index contributed by atoms with van der Waals surface area (Å²) in [4.78, 5) is 19.6. The van der Waals surface area contributed by atoms with Gasteiger partial charge < -0.3 is 10.1 Å². The van der Waals surface area contributed by atoms with Crippen molar-refractivity contribution in [1.82, 2.24) is 15.3 Å². The molecule has 16 heavy (non-hydrogen) atoms. The van der Waals surface area contributed by atoms with E-state index in [0.29, 0.717) is 12.4 Å². The average Bonchev–Trinajstić information content (AvgIpc) is 2.25. The maximum absolute atomic E-state index is 11.6. The van der Waals surface area contributed by atoms with Crippen LogP contribution in [-0.4, -0.2) is 28.5 Å². The number of carbonyl (C=O) groups excluding carboxylic acids is 1. The molecule has 0 fully saturated rings. The molecule has 0 spiro atoms. The number of aromatic nitrogens is 2. The summed E-state index contributed by atoms with van der Waals surface area (Å²) in [6, 6.07) is 0. The average molecular weight is 225 g/mol. The zero-order valence-corrected chi connectivity index (χ0v) is 9.86. The molecular formula is C11H19N3O2. The molecule has 1 rings (SSSR count). The number of hydrogen-bond acceptors (Lipinski definition) is 4. The second-order valence-electron chi connectivity index (χ2n) is 3.67. The Morgan fingerprint density at radius 2 is 2.31 bits per heavy atom. The number of rotatable bonds is 5. The molecule has 0 bridgehead atoms. The quantitative estimate of drug-likeness (QED) is 0.827. The van der Waals surface area contributed by atoms with Crippen LogP contribution in [0, 0.1) is 0 Å². The largest absolute Gasteiger partial charge is 0.474 e. The van der Waals surface area contributed by atoms with Gasteiger partial charge in [-0.3, -0.25) is 9.78 Å². The first kappa shape index (κ1) is 12.4. The van der Waals surface area contributed by atoms with Gasteiger partial charge in [-0.2, -0.15) is 0 Å². The van der Waals surface area contributed by atoms with Gasteiger partial charge in [0.15, 0.2) is 0 Å². The fourth-order valence-electron chi connectivity index (χ4n) is 1.08. The smallest absolute Gasteiger partial charge is 0.271 e. The topological polar surface area (TPSA) is 64.1 Å². The summed E-state index contributed by atoms with van der Waals surface area (Å²) in [6.07, 6.45) is 3.83. The normalized spacial score (nSPS) is 10.2. The standard InChI is InChI=1S/C11H17N3O2.H2/c1-4-5-13-11(15)9-6-12-7-10(14-9)16-8(2)3;/h6-8H,4-5H2,1-3H3,(H,13,15);1H. The molecule has 5 nitrogen and oxygen atoms in total. The van der Waals surface area contributed by atoms with E-state index < -0.39 is 0 Å². The first-order valence-corrected chi connectivity index (χ1v) is 5.40. The van der Waals surface area contributed by atoms with E-state index in [1.54, 1.807) is 0 Å². The van der Waals surface area contributed by atoms with Crippen molar-refractivity contribution in [2.75, 3.05) is 6.54 Å². The Morgan fingerprint density at radius 3 is 2.94 bits per heavy atom. The lowest BCUT2D eigenvalue weighted by atomic mass is 10.4. The van der Waals surface area contributed by atoms with Crippen molar-refractivity contribution in [3.8, 4) is 5.88 Å². The van der Waals surface area contributed by atoms with Crippen LogP contribution >= 0.6 is 0 Å². The molecule has 0 aliphatic heterocycles. The minimum absolute atomic E-state index is 0. The van der Waals surface area contributed by atoms with Gasteiger partial charge in [-0.05, 0) is 20.3 Å². The van der Waals surface area contributed by atoms with E-state index in [9.17, 15) is 4.79 Å². The van der Waals surface area contributed by atoms with Crippen molar-refractivity contribution in [2.45, 2.75) is 33.3 Å². The predicted octanol–water partition coefficient (Wildman–Crippen LogP) is 1.65. The van der Waals surface area contributed by atoms with Crippen molar-refractivity contribution in [2.24, 2.45) is 0 Å². The summed E-state index contributed by atoms with van der Waals surface area (Å²) in [5, 5.41) is 2.73. The third kappa shape index (κ3) is 3.84. The molecule has 1 aromatic heterocycles. The highest BCUT2D eigenvalue weighted by Gasteiger charge is 2.08. The van der Waals surface area contributed by atoms with E-state index in [4.69, 9.17) is 4.74 Å². The Morgan fingerprint density at radius 1 is 1.56 bits per heavy atom. The van der Waals surface area contributed by atoms with Gasteiger partial charge in [-0.15, -0.1) is 0 Å². The van der Waals surface area contributed by atoms with Gasteiger partial charge >= 0.3 is 0 Å². The lowest BCUT2D eigenvalue weighted by Crippen LogP contribution is -2.25. The van der Waals surface area contributed by atoms with Gasteiger partial charge in [0.05, 0.1) is 18.5 Å². The van der Waals surface area contributed by atoms with Gasteiger partial charge in [-0.1, -0.05) is 6.92 Å². The van der Waals surface area contributed by atoms with Crippen LogP contribution < -0.4 is 10.1 Å². The Kier molecular flexibility index (Phi) is 4.69. The first-order chi connectivity index (χ1) is 7.63. The van der Waals surface area contributed by atoms with Crippen LogP contribution in [0.3, 0.4) is 0 Å². The molecule has 0 atom stereocenters. The minimum Gasteiger partial charge on any atom is -0.474 e. The molecule has 0 aromatic carbocycles. The lowest BCUT2D eigenvalue weighted by Gasteiger charge is -2.09. The molecule has 1 N–H and O–H groups in total. The summed E-state index contributed by atoms with van der Waals surface area (Å²) in [5.41, 5.74) is 0.284. The summed E-state index contributed by atoms with van der Waals surface area (Å²) in [6.45, 7) is 6.41. The fraction of sp³-hybridized carbons (Fsp3) is 0.545. The Balaban J connectivity index is 0.00000256. The predicted molar refractivity (Wildman–Crippen MR) is 62.5 cm³/mol. The minimum atomic E-state index is -0.219. The maximum atomic E-state index is 11.6. The van der Waals surface area contributed by atoms with E-state index in [1.165, 1.54) is 12.4 Å². The van der Waals surface area contributed by atoms with Crippen LogP contribution in [0.4, 0.5) is 0 Å². The van der Waals surface area contributed by atoms with E-state index >= 15 is 0 Å². The van der Waals surface area contributed by atoms with E-state index in [0.717, 1.165) is 6.42 Å². The zero-order valence-electron chi connectivity index (χ0n) is 9.86. The summed E-state index contributed by atoms with van der Waals surface area (Å²) >= 11 is 0. The molecular weight excluding hydrogens is 206 g/mol. The number of nitrogens with zero attached hydrogens (tertiary/aromatic N) is 2. The lowest BCUT2D eigenvalue weighted by molar-refractivity contribution is 0.0946. The van der Waals surface area contributed by atoms with Gasteiger partial charge in [0, 0.05) is 7.97 Å². The van der Waals surface area contributed by atoms with Crippen molar-refractivity contribution in [1.29, 1.82) is 0 Å². The van der Waals surface area contributed by atoms with Gasteiger partial charge in [-0.25, -0.2) is 4.98 Å². The molecule has 0 aliphatic rings. The molecule has 1 heterocycles. The van der Waals surface area contributed by atoms with Crippen molar-refractivity contribution in [3.05, 3.63) is 18.1 Å². The molecule has 1 aromatic rings. The zero-order chi connectivity index (χ0) is 12.0. The van der Waals surface area contributed by atoms with E-state index in [2.05, 4.69) is 15.3 Å². The van der Waals surface area contributed by atoms with Crippen molar-refractivity contribution in [3.63, 3.8) is 0 Å². The SMILES string of the molecule is CCCNC(=O)c1cncc(OC(C)C)n1.[HH]. The molecule has 1 amide bonds. The molecule has 0 aliphatic carbocycles. The molecule has 0 unspecified atom stereocenters. The van der Waals surface area contributed by atoms with Crippen LogP contribution in [0.2, 0.25) is 0 Å². The number of carbonyl (C=O) groups is 1. The fourth-order valence-corrected chi connectivity index (χ4v) is 1.08. The summed E-state index contributed by atoms with van der Waals surface area (Å²) < 4.78 is 5.36. The van der Waals surface area contributed by atoms with Gasteiger partial charge in [0.1, 0.15) is 5.69 Å². The number of hydrogen-bond donors (Lipinski definition) is 1. The number of nitrogens with one attached hydrogen (secondary N) is 1. The van der Waals surface area contributed by atoms with Gasteiger partial charge in [0.25, 0.3) is 5.91 Å². The van der Waals surface area contributed by atoms with Crippen LogP contribution in [-0.2, 0) is 0 Å². The highest BCUT2D eigenvalue weighted by atomic mass is 16.5. The van der Waals surface area contributed by atoms with Crippen LogP contribution in [0.15, 0.2) is 12.4 Å². The molecule has 5 heteroatoms. The first-order valence-electron chi connectivity index (χ1n) is 5.40. The molecule has 0 saturated heterocycles. The Hall–Kier alpha value is -1.65. The molecule has 0 saturated carbocycles. The maximum Gasteiger partial charge on any atom is 0.271 e. The van der Waals surface area contributed by atoms with E-state index in [1.807, 2.05) is 20.8 Å².